The first kappa shape index (κ1) is 11.1. The van der Waals surface area contributed by atoms with Crippen LogP contribution in [0.3, 0.4) is 0 Å². The molecule has 0 aliphatic heterocycles. The summed E-state index contributed by atoms with van der Waals surface area (Å²) in [7, 11) is 0. The minimum absolute atomic E-state index is 0.678. The van der Waals surface area contributed by atoms with Crippen LogP contribution in [0.1, 0.15) is 32.0 Å². The van der Waals surface area contributed by atoms with E-state index < -0.39 is 0 Å². The summed E-state index contributed by atoms with van der Waals surface area (Å²) in [5.74, 6) is 0.678. The monoisotopic (exact) mass is 213 g/mol. The molecule has 1 heterocycles. The van der Waals surface area contributed by atoms with Crippen LogP contribution in [0.25, 0.3) is 10.8 Å². The van der Waals surface area contributed by atoms with E-state index >= 15 is 0 Å². The Hall–Kier alpha value is -1.37. The lowest BCUT2D eigenvalue weighted by Crippen LogP contribution is -1.99. The summed E-state index contributed by atoms with van der Waals surface area (Å²) < 4.78 is 0. The van der Waals surface area contributed by atoms with E-state index in [0.29, 0.717) is 5.92 Å². The number of fused-ring (bicyclic) bond motifs is 1. The normalized spacial score (nSPS) is 11.2. The molecule has 0 spiro atoms. The molecular weight excluding hydrogens is 194 g/mol. The summed E-state index contributed by atoms with van der Waals surface area (Å²) in [6.45, 7) is 6.67. The molecule has 0 radical (unpaired) electrons. The summed E-state index contributed by atoms with van der Waals surface area (Å²) in [6.07, 6.45) is 4.17. The molecule has 0 aliphatic rings. The molecule has 16 heavy (non-hydrogen) atoms. The quantitative estimate of drug-likeness (QED) is 0.751. The second kappa shape index (κ2) is 4.65. The van der Waals surface area contributed by atoms with E-state index in [2.05, 4.69) is 56.2 Å². The summed E-state index contributed by atoms with van der Waals surface area (Å²) >= 11 is 0. The number of rotatable bonds is 3. The van der Waals surface area contributed by atoms with Crippen molar-refractivity contribution in [2.24, 2.45) is 5.92 Å². The Morgan fingerprint density at radius 1 is 1.12 bits per heavy atom. The van der Waals surface area contributed by atoms with Crippen molar-refractivity contribution < 1.29 is 0 Å². The van der Waals surface area contributed by atoms with Crippen molar-refractivity contribution in [3.05, 3.63) is 41.7 Å². The third-order valence-corrected chi connectivity index (χ3v) is 2.92. The molecule has 0 aliphatic carbocycles. The first-order valence-corrected chi connectivity index (χ1v) is 6.07. The molecule has 0 saturated carbocycles. The molecule has 0 amide bonds. The lowest BCUT2D eigenvalue weighted by Gasteiger charge is -2.11. The number of nitrogens with zero attached hydrogens (tertiary/aromatic N) is 1. The van der Waals surface area contributed by atoms with Crippen molar-refractivity contribution in [1.82, 2.24) is 4.98 Å². The number of pyridine rings is 1. The second-order valence-electron chi connectivity index (χ2n) is 4.73. The van der Waals surface area contributed by atoms with Crippen LogP contribution < -0.4 is 0 Å². The molecule has 2 rings (SSSR count). The average molecular weight is 213 g/mol. The van der Waals surface area contributed by atoms with Gasteiger partial charge in [0.2, 0.25) is 0 Å². The Morgan fingerprint density at radius 3 is 2.44 bits per heavy atom. The van der Waals surface area contributed by atoms with Crippen molar-refractivity contribution in [1.29, 1.82) is 0 Å². The molecule has 1 aromatic carbocycles. The fourth-order valence-corrected chi connectivity index (χ4v) is 2.19. The third kappa shape index (κ3) is 2.08. The fourth-order valence-electron chi connectivity index (χ4n) is 2.19. The van der Waals surface area contributed by atoms with Gasteiger partial charge in [-0.05, 0) is 29.7 Å². The molecule has 0 atom stereocenters. The first-order chi connectivity index (χ1) is 7.72. The number of aromatic nitrogens is 1. The van der Waals surface area contributed by atoms with Crippen LogP contribution in [-0.4, -0.2) is 4.98 Å². The summed E-state index contributed by atoms with van der Waals surface area (Å²) in [4.78, 5) is 4.58. The Balaban J connectivity index is 2.60. The highest BCUT2D eigenvalue weighted by atomic mass is 14.7. The van der Waals surface area contributed by atoms with Gasteiger partial charge in [-0.15, -0.1) is 0 Å². The Morgan fingerprint density at radius 2 is 1.81 bits per heavy atom. The minimum Gasteiger partial charge on any atom is -0.260 e. The largest absolute Gasteiger partial charge is 0.260 e. The van der Waals surface area contributed by atoms with Crippen LogP contribution in [-0.2, 0) is 12.8 Å². The molecule has 84 valence electrons. The van der Waals surface area contributed by atoms with Gasteiger partial charge in [-0.1, -0.05) is 45.0 Å². The van der Waals surface area contributed by atoms with Crippen LogP contribution in [0.2, 0.25) is 0 Å². The van der Waals surface area contributed by atoms with E-state index in [1.807, 2.05) is 0 Å². The van der Waals surface area contributed by atoms with Crippen LogP contribution >= 0.6 is 0 Å². The Kier molecular flexibility index (Phi) is 3.23. The first-order valence-electron chi connectivity index (χ1n) is 6.07. The second-order valence-corrected chi connectivity index (χ2v) is 4.73. The highest BCUT2D eigenvalue weighted by Crippen LogP contribution is 2.23. The average Bonchev–Trinajstić information content (AvgIpc) is 2.29. The van der Waals surface area contributed by atoms with Crippen molar-refractivity contribution in [3.8, 4) is 0 Å². The molecule has 0 bridgehead atoms. The molecule has 1 heteroatoms. The van der Waals surface area contributed by atoms with Crippen molar-refractivity contribution >= 4 is 10.8 Å². The van der Waals surface area contributed by atoms with Gasteiger partial charge in [0, 0.05) is 17.3 Å². The molecule has 0 fully saturated rings. The van der Waals surface area contributed by atoms with Crippen LogP contribution in [0.5, 0.6) is 0 Å². The highest BCUT2D eigenvalue weighted by Gasteiger charge is 2.06. The number of hydrogen-bond acceptors (Lipinski definition) is 1. The van der Waals surface area contributed by atoms with Gasteiger partial charge < -0.3 is 0 Å². The molecule has 0 unspecified atom stereocenters. The van der Waals surface area contributed by atoms with E-state index in [-0.39, 0.29) is 0 Å². The summed E-state index contributed by atoms with van der Waals surface area (Å²) in [5.41, 5.74) is 2.59. The molecule has 2 aromatic rings. The van der Waals surface area contributed by atoms with Gasteiger partial charge in [-0.3, -0.25) is 4.98 Å². The van der Waals surface area contributed by atoms with Crippen molar-refractivity contribution in [2.75, 3.05) is 0 Å². The van der Waals surface area contributed by atoms with Crippen LogP contribution in [0.4, 0.5) is 0 Å². The zero-order chi connectivity index (χ0) is 11.5. The zero-order valence-electron chi connectivity index (χ0n) is 10.3. The number of benzene rings is 1. The summed E-state index contributed by atoms with van der Waals surface area (Å²) in [6, 6.07) is 8.62. The maximum absolute atomic E-state index is 4.58. The van der Waals surface area contributed by atoms with Crippen LogP contribution in [0, 0.1) is 5.92 Å². The highest BCUT2D eigenvalue weighted by molar-refractivity contribution is 5.87. The van der Waals surface area contributed by atoms with E-state index in [1.54, 1.807) is 0 Å². The van der Waals surface area contributed by atoms with Gasteiger partial charge in [0.25, 0.3) is 0 Å². The Bertz CT molecular complexity index is 486. The van der Waals surface area contributed by atoms with Gasteiger partial charge in [-0.25, -0.2) is 0 Å². The zero-order valence-corrected chi connectivity index (χ0v) is 10.3. The standard InChI is InChI=1S/C15H19N/c1-4-15-14-8-6-5-7-13(14)12(10-16-15)9-11(2)3/h5-8,10-11H,4,9H2,1-3H3. The Labute approximate surface area is 97.5 Å². The fraction of sp³-hybridized carbons (Fsp3) is 0.400. The van der Waals surface area contributed by atoms with Gasteiger partial charge in [0.15, 0.2) is 0 Å². The van der Waals surface area contributed by atoms with E-state index in [9.17, 15) is 0 Å². The molecule has 0 saturated heterocycles. The molecule has 1 nitrogen and oxygen atoms in total. The van der Waals surface area contributed by atoms with Crippen molar-refractivity contribution in [3.63, 3.8) is 0 Å². The van der Waals surface area contributed by atoms with Gasteiger partial charge in [0.1, 0.15) is 0 Å². The lowest BCUT2D eigenvalue weighted by atomic mass is 9.97. The predicted octanol–water partition coefficient (Wildman–Crippen LogP) is 4.00. The van der Waals surface area contributed by atoms with Gasteiger partial charge in [-0.2, -0.15) is 0 Å². The van der Waals surface area contributed by atoms with Gasteiger partial charge in [0.05, 0.1) is 0 Å². The maximum atomic E-state index is 4.58. The van der Waals surface area contributed by atoms with E-state index in [4.69, 9.17) is 0 Å². The van der Waals surface area contributed by atoms with E-state index in [1.165, 1.54) is 22.0 Å². The molecular formula is C15H19N. The molecule has 0 N–H and O–H groups in total. The van der Waals surface area contributed by atoms with Crippen molar-refractivity contribution in [2.45, 2.75) is 33.6 Å². The number of aryl methyl sites for hydroxylation is 1. The summed E-state index contributed by atoms with van der Waals surface area (Å²) in [5, 5.41) is 2.70. The maximum Gasteiger partial charge on any atom is 0.0479 e. The minimum atomic E-state index is 0.678. The number of hydrogen-bond donors (Lipinski definition) is 0. The molecule has 1 aromatic heterocycles. The topological polar surface area (TPSA) is 12.9 Å². The van der Waals surface area contributed by atoms with Gasteiger partial charge >= 0.3 is 0 Å². The van der Waals surface area contributed by atoms with Crippen LogP contribution in [0.15, 0.2) is 30.5 Å². The lowest BCUT2D eigenvalue weighted by molar-refractivity contribution is 0.648. The van der Waals surface area contributed by atoms with E-state index in [0.717, 1.165) is 12.8 Å². The smallest absolute Gasteiger partial charge is 0.0479 e. The predicted molar refractivity (Wildman–Crippen MR) is 69.7 cm³/mol. The third-order valence-electron chi connectivity index (χ3n) is 2.92. The SMILES string of the molecule is CCc1ncc(CC(C)C)c2ccccc12.